The third-order valence-electron chi connectivity index (χ3n) is 5.35. The maximum atomic E-state index is 12.7. The van der Waals surface area contributed by atoms with E-state index in [1.54, 1.807) is 48.5 Å². The van der Waals surface area contributed by atoms with Gasteiger partial charge in [-0.15, -0.1) is 0 Å². The fraction of sp³-hybridized carbons (Fsp3) is 0.308. The van der Waals surface area contributed by atoms with Crippen molar-refractivity contribution >= 4 is 21.6 Å². The van der Waals surface area contributed by atoms with E-state index in [1.165, 1.54) is 6.20 Å². The monoisotopic (exact) mass is 481 g/mol. The number of anilines is 1. The maximum absolute atomic E-state index is 12.7. The van der Waals surface area contributed by atoms with Crippen molar-refractivity contribution in [2.45, 2.75) is 57.4 Å². The van der Waals surface area contributed by atoms with E-state index in [9.17, 15) is 13.2 Å². The number of nitrogens with zero attached hydrogens (tertiary/aromatic N) is 1. The van der Waals surface area contributed by atoms with E-state index < -0.39 is 10.0 Å². The van der Waals surface area contributed by atoms with Gasteiger partial charge in [0, 0.05) is 24.0 Å². The third-order valence-corrected chi connectivity index (χ3v) is 6.75. The van der Waals surface area contributed by atoms with E-state index in [0.717, 1.165) is 12.0 Å². The molecule has 0 saturated heterocycles. The van der Waals surface area contributed by atoms with Gasteiger partial charge in [0.25, 0.3) is 15.9 Å². The minimum Gasteiger partial charge on any atom is -0.439 e. The van der Waals surface area contributed by atoms with E-state index in [1.807, 2.05) is 26.0 Å². The summed E-state index contributed by atoms with van der Waals surface area (Å²) in [6.07, 6.45) is 2.30. The lowest BCUT2D eigenvalue weighted by molar-refractivity contribution is 0.0939. The number of rotatable bonds is 8. The van der Waals surface area contributed by atoms with Gasteiger partial charge in [0.05, 0.1) is 10.5 Å². The Hall–Kier alpha value is -3.39. The van der Waals surface area contributed by atoms with Crippen LogP contribution in [0.4, 0.5) is 5.69 Å². The number of amides is 1. The lowest BCUT2D eigenvalue weighted by Crippen LogP contribution is -2.31. The normalized spacial score (nSPS) is 12.6. The van der Waals surface area contributed by atoms with Crippen molar-refractivity contribution in [3.8, 4) is 11.6 Å². The molecule has 1 amide bonds. The first-order valence-corrected chi connectivity index (χ1v) is 12.6. The molecule has 0 aliphatic heterocycles. The standard InChI is InChI=1S/C26H31N3O4S/c1-6-18(2)28-25(30)19-7-16-24(27-17-19)33-22-12-10-21(11-13-22)29-34(31,32)23-14-8-20(9-15-23)26(3,4)5/h7-18,29H,6H2,1-5H3,(H,28,30). The molecular formula is C26H31N3O4S. The molecule has 0 aliphatic rings. The summed E-state index contributed by atoms with van der Waals surface area (Å²) in [5.74, 6) is 0.632. The van der Waals surface area contributed by atoms with Crippen LogP contribution in [0.15, 0.2) is 71.8 Å². The topological polar surface area (TPSA) is 97.4 Å². The van der Waals surface area contributed by atoms with Crippen LogP contribution in [0.5, 0.6) is 11.6 Å². The van der Waals surface area contributed by atoms with Gasteiger partial charge in [-0.05, 0) is 66.8 Å². The van der Waals surface area contributed by atoms with Crippen molar-refractivity contribution in [3.63, 3.8) is 0 Å². The highest BCUT2D eigenvalue weighted by Crippen LogP contribution is 2.26. The maximum Gasteiger partial charge on any atom is 0.261 e. The predicted molar refractivity (Wildman–Crippen MR) is 134 cm³/mol. The summed E-state index contributed by atoms with van der Waals surface area (Å²) in [6, 6.07) is 16.7. The molecule has 2 N–H and O–H groups in total. The van der Waals surface area contributed by atoms with Crippen LogP contribution in [-0.2, 0) is 15.4 Å². The van der Waals surface area contributed by atoms with Gasteiger partial charge in [0.15, 0.2) is 0 Å². The summed E-state index contributed by atoms with van der Waals surface area (Å²) < 4.78 is 33.7. The third kappa shape index (κ3) is 6.57. The number of hydrogen-bond acceptors (Lipinski definition) is 5. The molecule has 7 nitrogen and oxygen atoms in total. The Morgan fingerprint density at radius 2 is 1.65 bits per heavy atom. The van der Waals surface area contributed by atoms with Crippen LogP contribution in [0.1, 0.15) is 57.0 Å². The van der Waals surface area contributed by atoms with Crippen LogP contribution in [0, 0.1) is 0 Å². The number of sulfonamides is 1. The van der Waals surface area contributed by atoms with E-state index in [-0.39, 0.29) is 22.3 Å². The molecule has 34 heavy (non-hydrogen) atoms. The summed E-state index contributed by atoms with van der Waals surface area (Å²) in [6.45, 7) is 10.2. The van der Waals surface area contributed by atoms with E-state index >= 15 is 0 Å². The minimum absolute atomic E-state index is 0.0548. The summed E-state index contributed by atoms with van der Waals surface area (Å²) in [7, 11) is -3.71. The number of carbonyl (C=O) groups excluding carboxylic acids is 1. The van der Waals surface area contributed by atoms with Crippen LogP contribution in [0.2, 0.25) is 0 Å². The molecule has 0 saturated carbocycles. The van der Waals surface area contributed by atoms with Gasteiger partial charge >= 0.3 is 0 Å². The molecule has 1 heterocycles. The second-order valence-electron chi connectivity index (χ2n) is 9.17. The molecule has 1 atom stereocenters. The largest absolute Gasteiger partial charge is 0.439 e. The predicted octanol–water partition coefficient (Wildman–Crippen LogP) is 5.50. The minimum atomic E-state index is -3.71. The zero-order chi connectivity index (χ0) is 24.9. The zero-order valence-corrected chi connectivity index (χ0v) is 20.9. The zero-order valence-electron chi connectivity index (χ0n) is 20.1. The number of carbonyl (C=O) groups is 1. The highest BCUT2D eigenvalue weighted by Gasteiger charge is 2.18. The fourth-order valence-corrected chi connectivity index (χ4v) is 4.10. The quantitative estimate of drug-likeness (QED) is 0.443. The van der Waals surface area contributed by atoms with Gasteiger partial charge in [0.1, 0.15) is 5.75 Å². The Bertz CT molecular complexity index is 1220. The average molecular weight is 482 g/mol. The van der Waals surface area contributed by atoms with Crippen molar-refractivity contribution in [2.24, 2.45) is 0 Å². The van der Waals surface area contributed by atoms with Crippen LogP contribution >= 0.6 is 0 Å². The molecular weight excluding hydrogens is 450 g/mol. The number of pyridine rings is 1. The van der Waals surface area contributed by atoms with Gasteiger partial charge in [0.2, 0.25) is 5.88 Å². The number of benzene rings is 2. The van der Waals surface area contributed by atoms with E-state index in [0.29, 0.717) is 22.9 Å². The first-order valence-electron chi connectivity index (χ1n) is 11.2. The Morgan fingerprint density at radius 3 is 2.18 bits per heavy atom. The molecule has 1 unspecified atom stereocenters. The summed E-state index contributed by atoms with van der Waals surface area (Å²) in [5.41, 5.74) is 1.87. The first kappa shape index (κ1) is 25.2. The number of nitrogens with one attached hydrogen (secondary N) is 2. The van der Waals surface area contributed by atoms with E-state index in [4.69, 9.17) is 4.74 Å². The second kappa shape index (κ2) is 10.3. The molecule has 2 aromatic carbocycles. The Balaban J connectivity index is 1.63. The van der Waals surface area contributed by atoms with Gasteiger partial charge in [-0.1, -0.05) is 39.8 Å². The molecule has 3 rings (SSSR count). The van der Waals surface area contributed by atoms with E-state index in [2.05, 4.69) is 35.8 Å². The molecule has 0 radical (unpaired) electrons. The average Bonchev–Trinajstić information content (AvgIpc) is 2.80. The molecule has 0 bridgehead atoms. The molecule has 180 valence electrons. The Kier molecular flexibility index (Phi) is 7.61. The molecule has 3 aromatic rings. The van der Waals surface area contributed by atoms with Crippen molar-refractivity contribution in [1.82, 2.24) is 10.3 Å². The lowest BCUT2D eigenvalue weighted by Gasteiger charge is -2.19. The van der Waals surface area contributed by atoms with Crippen LogP contribution in [0.25, 0.3) is 0 Å². The first-order chi connectivity index (χ1) is 16.0. The lowest BCUT2D eigenvalue weighted by atomic mass is 9.87. The fourth-order valence-electron chi connectivity index (χ4n) is 3.04. The van der Waals surface area contributed by atoms with Crippen molar-refractivity contribution in [3.05, 3.63) is 78.0 Å². The highest BCUT2D eigenvalue weighted by atomic mass is 32.2. The number of ether oxygens (including phenoxy) is 1. The van der Waals surface area contributed by atoms with Gasteiger partial charge < -0.3 is 10.1 Å². The highest BCUT2D eigenvalue weighted by molar-refractivity contribution is 7.92. The van der Waals surface area contributed by atoms with Crippen molar-refractivity contribution < 1.29 is 17.9 Å². The van der Waals surface area contributed by atoms with Gasteiger partial charge in [-0.2, -0.15) is 0 Å². The summed E-state index contributed by atoms with van der Waals surface area (Å²) >= 11 is 0. The molecule has 0 spiro atoms. The SMILES string of the molecule is CCC(C)NC(=O)c1ccc(Oc2ccc(NS(=O)(=O)c3ccc(C(C)(C)C)cc3)cc2)nc1. The number of aromatic nitrogens is 1. The smallest absolute Gasteiger partial charge is 0.261 e. The number of hydrogen-bond donors (Lipinski definition) is 2. The van der Waals surface area contributed by atoms with Crippen LogP contribution in [0.3, 0.4) is 0 Å². The molecule has 1 aromatic heterocycles. The summed E-state index contributed by atoms with van der Waals surface area (Å²) in [5, 5.41) is 2.88. The van der Waals surface area contributed by atoms with Crippen molar-refractivity contribution in [1.29, 1.82) is 0 Å². The van der Waals surface area contributed by atoms with Gasteiger partial charge in [-0.3, -0.25) is 9.52 Å². The van der Waals surface area contributed by atoms with Crippen LogP contribution in [-0.4, -0.2) is 25.4 Å². The second-order valence-corrected chi connectivity index (χ2v) is 10.9. The van der Waals surface area contributed by atoms with Crippen molar-refractivity contribution in [2.75, 3.05) is 4.72 Å². The summed E-state index contributed by atoms with van der Waals surface area (Å²) in [4.78, 5) is 16.5. The molecule has 0 aliphatic carbocycles. The Labute approximate surface area is 201 Å². The molecule has 8 heteroatoms. The Morgan fingerprint density at radius 1 is 1.00 bits per heavy atom. The van der Waals surface area contributed by atoms with Gasteiger partial charge in [-0.25, -0.2) is 13.4 Å². The molecule has 0 fully saturated rings. The van der Waals surface area contributed by atoms with Crippen LogP contribution < -0.4 is 14.8 Å².